The number of nitrogens with one attached hydrogen (secondary N) is 2. The molecule has 0 spiro atoms. The number of aromatic nitrogens is 1. The molecule has 0 atom stereocenters. The van der Waals surface area contributed by atoms with Gasteiger partial charge in [-0.1, -0.05) is 17.7 Å². The Bertz CT molecular complexity index is 1230. The van der Waals surface area contributed by atoms with Gasteiger partial charge in [-0.3, -0.25) is 4.98 Å². The number of alkyl halides is 3. The number of hydrogen-bond acceptors (Lipinski definition) is 4. The number of hydrogen-bond donors (Lipinski definition) is 2. The van der Waals surface area contributed by atoms with Crippen LogP contribution in [0, 0.1) is 0 Å². The van der Waals surface area contributed by atoms with Gasteiger partial charge in [0.05, 0.1) is 16.0 Å². The van der Waals surface area contributed by atoms with Gasteiger partial charge in [0.2, 0.25) is 10.0 Å². The highest BCUT2D eigenvalue weighted by atomic mass is 35.5. The van der Waals surface area contributed by atoms with Crippen LogP contribution >= 0.6 is 11.6 Å². The number of sulfonamides is 1. The van der Waals surface area contributed by atoms with Crippen LogP contribution in [0.15, 0.2) is 59.6 Å². The lowest BCUT2D eigenvalue weighted by atomic mass is 9.91. The number of nitrogens with zero attached hydrogens (tertiary/aromatic N) is 1. The minimum atomic E-state index is -4.60. The zero-order valence-electron chi connectivity index (χ0n) is 16.9. The molecule has 10 heteroatoms. The lowest BCUT2D eigenvalue weighted by Crippen LogP contribution is -2.40. The zero-order chi connectivity index (χ0) is 22.9. The van der Waals surface area contributed by atoms with E-state index in [0.717, 1.165) is 28.7 Å². The van der Waals surface area contributed by atoms with E-state index in [9.17, 15) is 21.6 Å². The van der Waals surface area contributed by atoms with Crippen molar-refractivity contribution < 1.29 is 21.6 Å². The van der Waals surface area contributed by atoms with E-state index in [2.05, 4.69) is 15.0 Å². The number of pyridine rings is 1. The van der Waals surface area contributed by atoms with Crippen molar-refractivity contribution in [3.05, 3.63) is 65.3 Å². The summed E-state index contributed by atoms with van der Waals surface area (Å²) in [6, 6.07) is 11.0. The van der Waals surface area contributed by atoms with Crippen molar-refractivity contribution in [1.29, 1.82) is 0 Å². The van der Waals surface area contributed by atoms with E-state index < -0.39 is 21.8 Å². The average Bonchev–Trinajstić information content (AvgIpc) is 2.74. The van der Waals surface area contributed by atoms with Gasteiger partial charge < -0.3 is 5.32 Å². The number of halogens is 4. The van der Waals surface area contributed by atoms with E-state index in [1.165, 1.54) is 6.07 Å². The van der Waals surface area contributed by atoms with Crippen molar-refractivity contribution in [3.8, 4) is 0 Å². The molecule has 4 rings (SSSR count). The molecule has 3 aromatic rings. The highest BCUT2D eigenvalue weighted by molar-refractivity contribution is 7.89. The minimum absolute atomic E-state index is 0.144. The van der Waals surface area contributed by atoms with E-state index in [-0.39, 0.29) is 17.0 Å². The van der Waals surface area contributed by atoms with Gasteiger partial charge in [0.1, 0.15) is 0 Å². The van der Waals surface area contributed by atoms with Crippen molar-refractivity contribution in [2.75, 3.05) is 5.32 Å². The Morgan fingerprint density at radius 3 is 2.41 bits per heavy atom. The van der Waals surface area contributed by atoms with Gasteiger partial charge >= 0.3 is 6.18 Å². The standard InChI is InChI=1S/C22H21ClF3N3O2S/c23-15-4-9-19-20(10-11-27-21(19)13-15)28-16-5-7-17(8-6-16)29-32(30,31)18-3-1-2-14(12-18)22(24,25)26/h1-4,9-13,16-17,29H,5-8H2,(H,27,28)/t16-,17+. The lowest BCUT2D eigenvalue weighted by Gasteiger charge is -2.30. The summed E-state index contributed by atoms with van der Waals surface area (Å²) in [5, 5.41) is 5.05. The van der Waals surface area contributed by atoms with Crippen LogP contribution in [-0.2, 0) is 16.2 Å². The summed E-state index contributed by atoms with van der Waals surface area (Å²) in [6.07, 6.45) is -0.316. The van der Waals surface area contributed by atoms with Crippen molar-refractivity contribution in [2.45, 2.75) is 48.8 Å². The Labute approximate surface area is 189 Å². The molecule has 32 heavy (non-hydrogen) atoms. The van der Waals surface area contributed by atoms with Crippen LogP contribution in [0.25, 0.3) is 10.9 Å². The first-order valence-corrected chi connectivity index (χ1v) is 12.0. The van der Waals surface area contributed by atoms with Gasteiger partial charge in [0, 0.05) is 34.4 Å². The second-order valence-electron chi connectivity index (χ2n) is 7.86. The summed E-state index contributed by atoms with van der Waals surface area (Å²) in [5.41, 5.74) is 0.726. The Morgan fingerprint density at radius 1 is 0.969 bits per heavy atom. The molecular weight excluding hydrogens is 463 g/mol. The Balaban J connectivity index is 1.39. The van der Waals surface area contributed by atoms with Gasteiger partial charge in [-0.2, -0.15) is 13.2 Å². The molecule has 1 aromatic heterocycles. The first-order chi connectivity index (χ1) is 15.1. The third kappa shape index (κ3) is 5.16. The quantitative estimate of drug-likeness (QED) is 0.495. The third-order valence-corrected chi connectivity index (χ3v) is 7.34. The number of anilines is 1. The van der Waals surface area contributed by atoms with Gasteiger partial charge in [0.25, 0.3) is 0 Å². The van der Waals surface area contributed by atoms with Crippen LogP contribution in [0.1, 0.15) is 31.2 Å². The molecule has 2 aromatic carbocycles. The van der Waals surface area contributed by atoms with Gasteiger partial charge in [0.15, 0.2) is 0 Å². The molecule has 170 valence electrons. The molecular formula is C22H21ClF3N3O2S. The van der Waals surface area contributed by atoms with Crippen LogP contribution in [0.4, 0.5) is 18.9 Å². The molecule has 0 saturated heterocycles. The average molecular weight is 484 g/mol. The minimum Gasteiger partial charge on any atom is -0.382 e. The van der Waals surface area contributed by atoms with Crippen molar-refractivity contribution in [2.24, 2.45) is 0 Å². The first kappa shape index (κ1) is 22.8. The summed E-state index contributed by atoms with van der Waals surface area (Å²) in [7, 11) is -4.04. The lowest BCUT2D eigenvalue weighted by molar-refractivity contribution is -0.137. The molecule has 1 saturated carbocycles. The van der Waals surface area contributed by atoms with Gasteiger partial charge in [-0.15, -0.1) is 0 Å². The van der Waals surface area contributed by atoms with Crippen LogP contribution in [0.2, 0.25) is 5.02 Å². The van der Waals surface area contributed by atoms with E-state index in [1.807, 2.05) is 12.1 Å². The molecule has 2 N–H and O–H groups in total. The van der Waals surface area contributed by atoms with E-state index >= 15 is 0 Å². The third-order valence-electron chi connectivity index (χ3n) is 5.59. The van der Waals surface area contributed by atoms with Crippen LogP contribution < -0.4 is 10.0 Å². The van der Waals surface area contributed by atoms with Crippen molar-refractivity contribution in [3.63, 3.8) is 0 Å². The highest BCUT2D eigenvalue weighted by Gasteiger charge is 2.32. The monoisotopic (exact) mass is 483 g/mol. The molecule has 1 fully saturated rings. The molecule has 1 aliphatic carbocycles. The molecule has 0 bridgehead atoms. The number of benzene rings is 2. The molecule has 5 nitrogen and oxygen atoms in total. The second kappa shape index (κ2) is 8.88. The fourth-order valence-electron chi connectivity index (χ4n) is 3.95. The smallest absolute Gasteiger partial charge is 0.382 e. The molecule has 1 heterocycles. The summed E-state index contributed by atoms with van der Waals surface area (Å²) in [6.45, 7) is 0. The molecule has 0 unspecified atom stereocenters. The predicted molar refractivity (Wildman–Crippen MR) is 118 cm³/mol. The van der Waals surface area contributed by atoms with Gasteiger partial charge in [-0.05, 0) is 68.1 Å². The fraction of sp³-hybridized carbons (Fsp3) is 0.318. The molecule has 0 aliphatic heterocycles. The summed E-state index contributed by atoms with van der Waals surface area (Å²) >= 11 is 6.03. The summed E-state index contributed by atoms with van der Waals surface area (Å²) < 4.78 is 66.6. The van der Waals surface area contributed by atoms with Crippen molar-refractivity contribution >= 4 is 38.2 Å². The van der Waals surface area contributed by atoms with Crippen molar-refractivity contribution in [1.82, 2.24) is 9.71 Å². The second-order valence-corrected chi connectivity index (χ2v) is 10.0. The summed E-state index contributed by atoms with van der Waals surface area (Å²) in [4.78, 5) is 3.95. The van der Waals surface area contributed by atoms with Crippen LogP contribution in [-0.4, -0.2) is 25.5 Å². The van der Waals surface area contributed by atoms with E-state index in [4.69, 9.17) is 11.6 Å². The maximum absolute atomic E-state index is 12.9. The maximum atomic E-state index is 12.9. The number of rotatable bonds is 5. The van der Waals surface area contributed by atoms with E-state index in [1.54, 1.807) is 18.3 Å². The van der Waals surface area contributed by atoms with Gasteiger partial charge in [-0.25, -0.2) is 13.1 Å². The SMILES string of the molecule is O=S(=O)(N[C@H]1CC[C@@H](Nc2ccnc3cc(Cl)ccc23)CC1)c1cccc(C(F)(F)F)c1. The Morgan fingerprint density at radius 2 is 1.69 bits per heavy atom. The van der Waals surface area contributed by atoms with Crippen LogP contribution in [0.5, 0.6) is 0 Å². The fourth-order valence-corrected chi connectivity index (χ4v) is 5.47. The topological polar surface area (TPSA) is 71.1 Å². The van der Waals surface area contributed by atoms with Crippen LogP contribution in [0.3, 0.4) is 0 Å². The predicted octanol–water partition coefficient (Wildman–Crippen LogP) is 5.61. The maximum Gasteiger partial charge on any atom is 0.416 e. The number of fused-ring (bicyclic) bond motifs is 1. The molecule has 1 aliphatic rings. The Hall–Kier alpha value is -2.36. The van der Waals surface area contributed by atoms with E-state index in [0.29, 0.717) is 36.8 Å². The summed E-state index contributed by atoms with van der Waals surface area (Å²) in [5.74, 6) is 0. The molecule has 0 amide bonds. The highest BCUT2D eigenvalue weighted by Crippen LogP contribution is 2.31. The Kier molecular flexibility index (Phi) is 6.33. The largest absolute Gasteiger partial charge is 0.416 e. The molecule has 0 radical (unpaired) electrons. The first-order valence-electron chi connectivity index (χ1n) is 10.1. The zero-order valence-corrected chi connectivity index (χ0v) is 18.4. The normalized spacial score (nSPS) is 19.8.